The van der Waals surface area contributed by atoms with Crippen LogP contribution in [0.25, 0.3) is 0 Å². The molecule has 0 N–H and O–H groups in total. The molecule has 0 saturated carbocycles. The molecule has 0 aliphatic rings. The average molecular weight is 153 g/mol. The van der Waals surface area contributed by atoms with E-state index in [9.17, 15) is 4.79 Å². The highest BCUT2D eigenvalue weighted by atomic mass is 35.5. The van der Waals surface area contributed by atoms with Crippen molar-refractivity contribution < 1.29 is 4.79 Å². The molecule has 0 aliphatic carbocycles. The zero-order chi connectivity index (χ0) is 6.41. The molecular weight excluding hydrogens is 144 g/mol. The van der Waals surface area contributed by atoms with E-state index in [1.165, 1.54) is 11.8 Å². The fraction of sp³-hybridized carbons (Fsp3) is 0.800. The van der Waals surface area contributed by atoms with Crippen molar-refractivity contribution in [3.63, 3.8) is 0 Å². The van der Waals surface area contributed by atoms with Crippen LogP contribution in [0.5, 0.6) is 0 Å². The third-order valence-corrected chi connectivity index (χ3v) is 1.75. The van der Waals surface area contributed by atoms with Crippen LogP contribution in [0.4, 0.5) is 0 Å². The molecule has 48 valence electrons. The van der Waals surface area contributed by atoms with Crippen molar-refractivity contribution in [2.75, 3.05) is 11.6 Å². The summed E-state index contributed by atoms with van der Waals surface area (Å²) in [5.41, 5.74) is 0. The number of hydrogen-bond acceptors (Lipinski definition) is 2. The molecule has 0 heterocycles. The SMILES string of the molecule is CC(=O)SCCCCl. The Hall–Kier alpha value is 0.310. The molecule has 0 spiro atoms. The molecular formula is C5H9ClOS. The average Bonchev–Trinajstić information content (AvgIpc) is 1.66. The van der Waals surface area contributed by atoms with Crippen molar-refractivity contribution in [2.45, 2.75) is 13.3 Å². The normalized spacial score (nSPS) is 9.25. The molecule has 1 nitrogen and oxygen atoms in total. The van der Waals surface area contributed by atoms with Crippen LogP contribution in [-0.2, 0) is 4.79 Å². The van der Waals surface area contributed by atoms with Gasteiger partial charge in [-0.25, -0.2) is 0 Å². The Labute approximate surface area is 58.8 Å². The largest absolute Gasteiger partial charge is 0.288 e. The van der Waals surface area contributed by atoms with Gasteiger partial charge in [0.25, 0.3) is 0 Å². The third kappa shape index (κ3) is 6.31. The second kappa shape index (κ2) is 5.45. The van der Waals surface area contributed by atoms with Gasteiger partial charge in [-0.15, -0.1) is 11.6 Å². The molecule has 0 saturated heterocycles. The van der Waals surface area contributed by atoms with E-state index in [4.69, 9.17) is 11.6 Å². The van der Waals surface area contributed by atoms with Crippen LogP contribution >= 0.6 is 23.4 Å². The lowest BCUT2D eigenvalue weighted by Crippen LogP contribution is -1.85. The second-order valence-electron chi connectivity index (χ2n) is 1.38. The quantitative estimate of drug-likeness (QED) is 0.454. The number of hydrogen-bond donors (Lipinski definition) is 0. The summed E-state index contributed by atoms with van der Waals surface area (Å²) in [6.07, 6.45) is 0.922. The van der Waals surface area contributed by atoms with Gasteiger partial charge >= 0.3 is 0 Å². The molecule has 3 heteroatoms. The smallest absolute Gasteiger partial charge is 0.185 e. The molecule has 0 bridgehead atoms. The van der Waals surface area contributed by atoms with Crippen molar-refractivity contribution in [3.8, 4) is 0 Å². The van der Waals surface area contributed by atoms with Gasteiger partial charge < -0.3 is 0 Å². The minimum atomic E-state index is 0.176. The molecule has 0 rings (SSSR count). The first-order chi connectivity index (χ1) is 3.77. The maximum atomic E-state index is 10.2. The Morgan fingerprint density at radius 3 is 2.75 bits per heavy atom. The fourth-order valence-electron chi connectivity index (χ4n) is 0.270. The summed E-state index contributed by atoms with van der Waals surface area (Å²) in [5, 5.41) is 0.176. The van der Waals surface area contributed by atoms with Crippen molar-refractivity contribution in [1.82, 2.24) is 0 Å². The number of thioether (sulfide) groups is 1. The van der Waals surface area contributed by atoms with E-state index in [0.29, 0.717) is 5.88 Å². The molecule has 0 aromatic heterocycles. The zero-order valence-electron chi connectivity index (χ0n) is 4.82. The monoisotopic (exact) mass is 152 g/mol. The van der Waals surface area contributed by atoms with Gasteiger partial charge in [-0.3, -0.25) is 4.79 Å². The van der Waals surface area contributed by atoms with Gasteiger partial charge in [0.1, 0.15) is 0 Å². The van der Waals surface area contributed by atoms with Gasteiger partial charge in [0.15, 0.2) is 5.12 Å². The minimum Gasteiger partial charge on any atom is -0.288 e. The first kappa shape index (κ1) is 8.31. The van der Waals surface area contributed by atoms with E-state index in [1.807, 2.05) is 0 Å². The van der Waals surface area contributed by atoms with Crippen LogP contribution in [0.15, 0.2) is 0 Å². The predicted octanol–water partition coefficient (Wildman–Crippen LogP) is 1.90. The lowest BCUT2D eigenvalue weighted by molar-refractivity contribution is -0.109. The summed E-state index contributed by atoms with van der Waals surface area (Å²) in [5.74, 6) is 1.51. The van der Waals surface area contributed by atoms with Gasteiger partial charge in [-0.1, -0.05) is 11.8 Å². The first-order valence-electron chi connectivity index (χ1n) is 2.46. The van der Waals surface area contributed by atoms with E-state index in [0.717, 1.165) is 12.2 Å². The van der Waals surface area contributed by atoms with Crippen LogP contribution in [0.2, 0.25) is 0 Å². The van der Waals surface area contributed by atoms with E-state index >= 15 is 0 Å². The van der Waals surface area contributed by atoms with Crippen molar-refractivity contribution in [1.29, 1.82) is 0 Å². The van der Waals surface area contributed by atoms with Crippen molar-refractivity contribution in [3.05, 3.63) is 0 Å². The van der Waals surface area contributed by atoms with Crippen LogP contribution in [0.3, 0.4) is 0 Å². The van der Waals surface area contributed by atoms with Crippen LogP contribution in [0.1, 0.15) is 13.3 Å². The molecule has 0 fully saturated rings. The van der Waals surface area contributed by atoms with E-state index < -0.39 is 0 Å². The summed E-state index contributed by atoms with van der Waals surface area (Å²) in [6, 6.07) is 0. The molecule has 0 radical (unpaired) electrons. The van der Waals surface area contributed by atoms with Crippen molar-refractivity contribution in [2.24, 2.45) is 0 Å². The molecule has 0 aromatic carbocycles. The van der Waals surface area contributed by atoms with E-state index in [-0.39, 0.29) is 5.12 Å². The molecule has 0 aromatic rings. The maximum absolute atomic E-state index is 10.2. The number of alkyl halides is 1. The lowest BCUT2D eigenvalue weighted by atomic mass is 10.6. The van der Waals surface area contributed by atoms with Gasteiger partial charge in [0.2, 0.25) is 0 Å². The Bertz CT molecular complexity index is 74.8. The molecule has 0 atom stereocenters. The number of carbonyl (C=O) groups excluding carboxylic acids is 1. The highest BCUT2D eigenvalue weighted by Gasteiger charge is 1.90. The van der Waals surface area contributed by atoms with Crippen LogP contribution in [0, 0.1) is 0 Å². The number of carbonyl (C=O) groups is 1. The predicted molar refractivity (Wildman–Crippen MR) is 38.5 cm³/mol. The van der Waals surface area contributed by atoms with Crippen LogP contribution in [-0.4, -0.2) is 16.7 Å². The second-order valence-corrected chi connectivity index (χ2v) is 3.03. The first-order valence-corrected chi connectivity index (χ1v) is 3.98. The molecule has 0 aliphatic heterocycles. The summed E-state index contributed by atoms with van der Waals surface area (Å²) in [6.45, 7) is 1.57. The fourth-order valence-corrected chi connectivity index (χ4v) is 1.14. The van der Waals surface area contributed by atoms with E-state index in [2.05, 4.69) is 0 Å². The van der Waals surface area contributed by atoms with Gasteiger partial charge in [0, 0.05) is 18.6 Å². The Morgan fingerprint density at radius 2 is 2.38 bits per heavy atom. The van der Waals surface area contributed by atoms with Gasteiger partial charge in [-0.2, -0.15) is 0 Å². The molecule has 0 unspecified atom stereocenters. The number of halogens is 1. The molecule has 8 heavy (non-hydrogen) atoms. The summed E-state index contributed by atoms with van der Waals surface area (Å²) in [7, 11) is 0. The highest BCUT2D eigenvalue weighted by molar-refractivity contribution is 8.13. The summed E-state index contributed by atoms with van der Waals surface area (Å²) < 4.78 is 0. The Balaban J connectivity index is 2.82. The lowest BCUT2D eigenvalue weighted by Gasteiger charge is -1.89. The highest BCUT2D eigenvalue weighted by Crippen LogP contribution is 2.02. The zero-order valence-corrected chi connectivity index (χ0v) is 6.39. The number of rotatable bonds is 3. The standard InChI is InChI=1S/C5H9ClOS/c1-5(7)8-4-2-3-6/h2-4H2,1H3. The molecule has 0 amide bonds. The maximum Gasteiger partial charge on any atom is 0.185 e. The van der Waals surface area contributed by atoms with Gasteiger partial charge in [0.05, 0.1) is 0 Å². The van der Waals surface area contributed by atoms with Gasteiger partial charge in [-0.05, 0) is 6.42 Å². The summed E-state index contributed by atoms with van der Waals surface area (Å²) in [4.78, 5) is 10.2. The minimum absolute atomic E-state index is 0.176. The van der Waals surface area contributed by atoms with Crippen LogP contribution < -0.4 is 0 Å². The van der Waals surface area contributed by atoms with Crippen molar-refractivity contribution >= 4 is 28.5 Å². The Morgan fingerprint density at radius 1 is 1.75 bits per heavy atom. The topological polar surface area (TPSA) is 17.1 Å². The van der Waals surface area contributed by atoms with E-state index in [1.54, 1.807) is 6.92 Å². The summed E-state index contributed by atoms with van der Waals surface area (Å²) >= 11 is 6.69. The third-order valence-electron chi connectivity index (χ3n) is 0.583. The Kier molecular flexibility index (Phi) is 5.66.